The van der Waals surface area contributed by atoms with Gasteiger partial charge in [0, 0.05) is 23.0 Å². The van der Waals surface area contributed by atoms with Gasteiger partial charge in [0.1, 0.15) is 23.9 Å². The van der Waals surface area contributed by atoms with E-state index in [1.54, 1.807) is 0 Å². The smallest absolute Gasteiger partial charge is 0.280 e. The Bertz CT molecular complexity index is 1270. The maximum atomic E-state index is 14.0. The number of halogens is 5. The first-order valence-electron chi connectivity index (χ1n) is 9.66. The highest BCUT2D eigenvalue weighted by atomic mass is 35.5. The van der Waals surface area contributed by atoms with Crippen LogP contribution in [0.5, 0.6) is 0 Å². The number of alkyl halides is 2. The summed E-state index contributed by atoms with van der Waals surface area (Å²) in [6, 6.07) is 5.74. The summed E-state index contributed by atoms with van der Waals surface area (Å²) in [7, 11) is 0. The van der Waals surface area contributed by atoms with Crippen LogP contribution in [0.2, 0.25) is 5.02 Å². The molecule has 1 N–H and O–H groups in total. The number of hydrogen-bond donors (Lipinski definition) is 1. The van der Waals surface area contributed by atoms with E-state index < -0.39 is 48.0 Å². The van der Waals surface area contributed by atoms with Crippen molar-refractivity contribution in [3.63, 3.8) is 0 Å². The monoisotopic (exact) mass is 478 g/mol. The lowest BCUT2D eigenvalue weighted by Crippen LogP contribution is -2.40. The molecule has 1 aliphatic rings. The van der Waals surface area contributed by atoms with Crippen molar-refractivity contribution in [3.8, 4) is 11.1 Å². The average molecular weight is 479 g/mol. The lowest BCUT2D eigenvalue weighted by molar-refractivity contribution is -0.122. The molecule has 11 heteroatoms. The summed E-state index contributed by atoms with van der Waals surface area (Å²) < 4.78 is 54.4. The molecule has 0 saturated carbocycles. The van der Waals surface area contributed by atoms with Crippen LogP contribution in [0.25, 0.3) is 11.1 Å². The minimum Gasteiger partial charge on any atom is -0.324 e. The van der Waals surface area contributed by atoms with Gasteiger partial charge in [-0.2, -0.15) is 0 Å². The van der Waals surface area contributed by atoms with E-state index in [0.717, 1.165) is 35.5 Å². The number of aromatic nitrogens is 2. The fourth-order valence-electron chi connectivity index (χ4n) is 3.57. The van der Waals surface area contributed by atoms with Gasteiger partial charge in [-0.25, -0.2) is 17.6 Å². The van der Waals surface area contributed by atoms with E-state index in [2.05, 4.69) is 15.3 Å². The van der Waals surface area contributed by atoms with E-state index in [0.29, 0.717) is 0 Å². The van der Waals surface area contributed by atoms with Crippen LogP contribution in [0.1, 0.15) is 30.7 Å². The number of carbonyl (C=O) groups is 2. The summed E-state index contributed by atoms with van der Waals surface area (Å²) in [6.45, 7) is 0.933. The lowest BCUT2D eigenvalue weighted by atomic mass is 9.98. The summed E-state index contributed by atoms with van der Waals surface area (Å²) in [5.74, 6) is -3.69. The lowest BCUT2D eigenvalue weighted by Gasteiger charge is -2.24. The summed E-state index contributed by atoms with van der Waals surface area (Å²) in [5.41, 5.74) is 0.0311. The molecule has 1 aliphatic heterocycles. The van der Waals surface area contributed by atoms with Crippen molar-refractivity contribution >= 4 is 34.8 Å². The molecule has 2 aromatic heterocycles. The third-order valence-corrected chi connectivity index (χ3v) is 5.45. The number of benzene rings is 1. The molecule has 0 bridgehead atoms. The molecule has 6 nitrogen and oxygen atoms in total. The Hall–Kier alpha value is -3.53. The number of fused-ring (bicyclic) bond motifs is 3. The zero-order valence-electron chi connectivity index (χ0n) is 17.0. The zero-order valence-corrected chi connectivity index (χ0v) is 17.7. The number of anilines is 2. The van der Waals surface area contributed by atoms with Gasteiger partial charge in [0.05, 0.1) is 28.5 Å². The fourth-order valence-corrected chi connectivity index (χ4v) is 3.69. The van der Waals surface area contributed by atoms with Crippen molar-refractivity contribution in [2.45, 2.75) is 19.3 Å². The second-order valence-corrected chi connectivity index (χ2v) is 7.74. The summed E-state index contributed by atoms with van der Waals surface area (Å²) >= 11 is 5.64. The predicted octanol–water partition coefficient (Wildman–Crippen LogP) is 5.10. The van der Waals surface area contributed by atoms with Gasteiger partial charge in [0.25, 0.3) is 6.43 Å². The van der Waals surface area contributed by atoms with Crippen LogP contribution in [0, 0.1) is 11.6 Å². The number of pyridine rings is 2. The van der Waals surface area contributed by atoms with Crippen molar-refractivity contribution in [2.24, 2.45) is 0 Å². The van der Waals surface area contributed by atoms with Crippen LogP contribution < -0.4 is 10.2 Å². The van der Waals surface area contributed by atoms with E-state index in [-0.39, 0.29) is 33.2 Å². The molecule has 0 spiro atoms. The van der Waals surface area contributed by atoms with E-state index in [1.807, 2.05) is 0 Å². The summed E-state index contributed by atoms with van der Waals surface area (Å²) in [5, 5.41) is 2.30. The molecule has 2 amide bonds. The van der Waals surface area contributed by atoms with E-state index in [9.17, 15) is 27.2 Å². The number of nitrogens with one attached hydrogen (secondary N) is 1. The first-order chi connectivity index (χ1) is 15.7. The molecule has 1 aromatic carbocycles. The SMILES string of the molecule is CC1C(=O)N(CC(=O)Nc2ccc(Cl)c(F)c2)c2cc(C(F)F)ncc2-c2cc(F)cnc21. The van der Waals surface area contributed by atoms with Crippen LogP contribution in [0.4, 0.5) is 28.9 Å². The zero-order chi connectivity index (χ0) is 23.9. The molecule has 3 heterocycles. The van der Waals surface area contributed by atoms with Crippen molar-refractivity contribution in [1.29, 1.82) is 0 Å². The Balaban J connectivity index is 1.76. The highest BCUT2D eigenvalue weighted by Gasteiger charge is 2.34. The van der Waals surface area contributed by atoms with Gasteiger partial charge in [-0.1, -0.05) is 11.6 Å². The van der Waals surface area contributed by atoms with Gasteiger partial charge in [0.2, 0.25) is 11.8 Å². The van der Waals surface area contributed by atoms with Gasteiger partial charge in [-0.15, -0.1) is 0 Å². The number of nitrogens with zero attached hydrogens (tertiary/aromatic N) is 3. The Morgan fingerprint density at radius 1 is 1.15 bits per heavy atom. The predicted molar refractivity (Wildman–Crippen MR) is 113 cm³/mol. The summed E-state index contributed by atoms with van der Waals surface area (Å²) in [4.78, 5) is 34.7. The number of rotatable bonds is 4. The maximum absolute atomic E-state index is 14.0. The molecule has 0 aliphatic carbocycles. The Morgan fingerprint density at radius 2 is 1.91 bits per heavy atom. The fraction of sp³-hybridized carbons (Fsp3) is 0.182. The van der Waals surface area contributed by atoms with Crippen LogP contribution in [-0.4, -0.2) is 28.3 Å². The molecule has 33 heavy (non-hydrogen) atoms. The van der Waals surface area contributed by atoms with Crippen LogP contribution >= 0.6 is 11.6 Å². The number of hydrogen-bond acceptors (Lipinski definition) is 4. The average Bonchev–Trinajstić information content (AvgIpc) is 2.85. The quantitative estimate of drug-likeness (QED) is 0.529. The maximum Gasteiger partial charge on any atom is 0.280 e. The van der Waals surface area contributed by atoms with Crippen LogP contribution in [0.3, 0.4) is 0 Å². The molecule has 0 fully saturated rings. The first kappa shape index (κ1) is 22.7. The van der Waals surface area contributed by atoms with Crippen molar-refractivity contribution in [2.75, 3.05) is 16.8 Å². The normalized spacial score (nSPS) is 15.2. The number of amides is 2. The molecule has 4 rings (SSSR count). The second-order valence-electron chi connectivity index (χ2n) is 7.34. The van der Waals surface area contributed by atoms with E-state index >= 15 is 0 Å². The van der Waals surface area contributed by atoms with Gasteiger partial charge >= 0.3 is 0 Å². The van der Waals surface area contributed by atoms with Gasteiger partial charge in [-0.3, -0.25) is 19.6 Å². The van der Waals surface area contributed by atoms with E-state index in [1.165, 1.54) is 19.1 Å². The van der Waals surface area contributed by atoms with Crippen LogP contribution in [-0.2, 0) is 9.59 Å². The molecule has 1 unspecified atom stereocenters. The second kappa shape index (κ2) is 8.78. The molecular weight excluding hydrogens is 464 g/mol. The largest absolute Gasteiger partial charge is 0.324 e. The standard InChI is InChI=1S/C22H15ClF4N4O2/c1-10-20-13(4-11(24)7-29-20)14-8-28-17(21(26)27)6-18(14)31(22(10)33)9-19(32)30-12-2-3-15(23)16(25)5-12/h2-8,10,21H,9H2,1H3,(H,30,32). The summed E-state index contributed by atoms with van der Waals surface area (Å²) in [6.07, 6.45) is -0.897. The molecule has 3 aromatic rings. The molecule has 0 saturated heterocycles. The highest BCUT2D eigenvalue weighted by molar-refractivity contribution is 6.30. The van der Waals surface area contributed by atoms with Crippen molar-refractivity contribution in [3.05, 3.63) is 70.8 Å². The molecular formula is C22H15ClF4N4O2. The van der Waals surface area contributed by atoms with Crippen molar-refractivity contribution < 1.29 is 27.2 Å². The third kappa shape index (κ3) is 4.38. The number of carbonyl (C=O) groups excluding carboxylic acids is 2. The topological polar surface area (TPSA) is 75.2 Å². The Morgan fingerprint density at radius 3 is 2.61 bits per heavy atom. The minimum absolute atomic E-state index is 0.0410. The third-order valence-electron chi connectivity index (χ3n) is 5.14. The highest BCUT2D eigenvalue weighted by Crippen LogP contribution is 2.41. The Labute approximate surface area is 190 Å². The minimum atomic E-state index is -2.94. The molecule has 0 radical (unpaired) electrons. The van der Waals surface area contributed by atoms with Gasteiger partial charge in [-0.05, 0) is 37.3 Å². The Kier molecular flexibility index (Phi) is 6.03. The van der Waals surface area contributed by atoms with E-state index in [4.69, 9.17) is 11.6 Å². The van der Waals surface area contributed by atoms with Gasteiger partial charge in [0.15, 0.2) is 0 Å². The van der Waals surface area contributed by atoms with Gasteiger partial charge < -0.3 is 10.2 Å². The molecule has 1 atom stereocenters. The first-order valence-corrected chi connectivity index (χ1v) is 10.0. The molecule has 170 valence electrons. The van der Waals surface area contributed by atoms with Crippen LogP contribution in [0.15, 0.2) is 42.7 Å². The van der Waals surface area contributed by atoms with Crippen molar-refractivity contribution in [1.82, 2.24) is 9.97 Å².